The first kappa shape index (κ1) is 14.8. The number of hydrogen-bond donors (Lipinski definition) is 1. The molecule has 0 heterocycles. The smallest absolute Gasteiger partial charge is 0.306 e. The van der Waals surface area contributed by atoms with Crippen LogP contribution in [0.4, 0.5) is 0 Å². The largest absolute Gasteiger partial charge is 0.452 e. The molecule has 1 N–H and O–H groups in total. The number of amides is 1. The van der Waals surface area contributed by atoms with Crippen LogP contribution in [0.25, 0.3) is 0 Å². The topological polar surface area (TPSA) is 55.4 Å². The molecule has 0 saturated heterocycles. The predicted octanol–water partition coefficient (Wildman–Crippen LogP) is 1.65. The first-order valence-electron chi connectivity index (χ1n) is 6.12. The molecule has 0 aliphatic heterocycles. The van der Waals surface area contributed by atoms with Gasteiger partial charge in [0, 0.05) is 19.4 Å². The van der Waals surface area contributed by atoms with E-state index in [1.807, 2.05) is 30.3 Å². The van der Waals surface area contributed by atoms with E-state index < -0.39 is 0 Å². The van der Waals surface area contributed by atoms with Gasteiger partial charge in [-0.2, -0.15) is 0 Å². The lowest BCUT2D eigenvalue weighted by molar-refractivity contribution is -0.142. The Morgan fingerprint density at radius 3 is 2.63 bits per heavy atom. The maximum Gasteiger partial charge on any atom is 0.306 e. The fourth-order valence-corrected chi connectivity index (χ4v) is 1.47. The standard InChI is InChI=1S/C15H17NO3/c1-2-11-19-15(18)10-6-9-14(17)16-12-13-7-4-3-5-8-13/h1,3-5,7-8H,6,9-12H2,(H,16,17). The Kier molecular flexibility index (Phi) is 6.81. The Hall–Kier alpha value is -2.28. The van der Waals surface area contributed by atoms with Gasteiger partial charge >= 0.3 is 5.97 Å². The normalized spacial score (nSPS) is 9.42. The predicted molar refractivity (Wildman–Crippen MR) is 71.9 cm³/mol. The summed E-state index contributed by atoms with van der Waals surface area (Å²) >= 11 is 0. The van der Waals surface area contributed by atoms with Crippen molar-refractivity contribution in [3.63, 3.8) is 0 Å². The van der Waals surface area contributed by atoms with E-state index in [0.29, 0.717) is 19.4 Å². The van der Waals surface area contributed by atoms with E-state index in [1.54, 1.807) is 0 Å². The molecule has 100 valence electrons. The van der Waals surface area contributed by atoms with Gasteiger partial charge in [-0.1, -0.05) is 36.3 Å². The van der Waals surface area contributed by atoms with Gasteiger partial charge < -0.3 is 10.1 Å². The van der Waals surface area contributed by atoms with Gasteiger partial charge in [-0.25, -0.2) is 0 Å². The number of carbonyl (C=O) groups is 2. The number of nitrogens with one attached hydrogen (secondary N) is 1. The highest BCUT2D eigenvalue weighted by Crippen LogP contribution is 2.00. The summed E-state index contributed by atoms with van der Waals surface area (Å²) < 4.78 is 4.70. The second-order valence-electron chi connectivity index (χ2n) is 3.98. The van der Waals surface area contributed by atoms with Gasteiger partial charge in [0.15, 0.2) is 6.61 Å². The minimum Gasteiger partial charge on any atom is -0.452 e. The third kappa shape index (κ3) is 6.89. The van der Waals surface area contributed by atoms with E-state index in [9.17, 15) is 9.59 Å². The number of benzene rings is 1. The molecule has 0 aliphatic carbocycles. The van der Waals surface area contributed by atoms with Crippen molar-refractivity contribution in [2.75, 3.05) is 6.61 Å². The molecule has 1 aromatic carbocycles. The highest BCUT2D eigenvalue weighted by atomic mass is 16.5. The summed E-state index contributed by atoms with van der Waals surface area (Å²) in [4.78, 5) is 22.6. The van der Waals surface area contributed by atoms with Crippen LogP contribution in [0.3, 0.4) is 0 Å². The molecule has 1 aromatic rings. The summed E-state index contributed by atoms with van der Waals surface area (Å²) in [6.07, 6.45) is 5.93. The van der Waals surface area contributed by atoms with Gasteiger partial charge in [-0.15, -0.1) is 6.42 Å². The van der Waals surface area contributed by atoms with E-state index in [2.05, 4.69) is 11.2 Å². The maximum absolute atomic E-state index is 11.5. The third-order valence-electron chi connectivity index (χ3n) is 2.43. The second-order valence-corrected chi connectivity index (χ2v) is 3.98. The van der Waals surface area contributed by atoms with E-state index in [4.69, 9.17) is 11.2 Å². The highest BCUT2D eigenvalue weighted by Gasteiger charge is 2.05. The molecule has 19 heavy (non-hydrogen) atoms. The molecule has 4 heteroatoms. The van der Waals surface area contributed by atoms with Crippen molar-refractivity contribution in [2.24, 2.45) is 0 Å². The molecule has 0 radical (unpaired) electrons. The highest BCUT2D eigenvalue weighted by molar-refractivity contribution is 5.77. The number of rotatable bonds is 7. The lowest BCUT2D eigenvalue weighted by Crippen LogP contribution is -2.22. The number of carbonyl (C=O) groups excluding carboxylic acids is 2. The summed E-state index contributed by atoms with van der Waals surface area (Å²) in [5.74, 6) is 1.77. The van der Waals surface area contributed by atoms with Gasteiger partial charge in [0.25, 0.3) is 0 Å². The lowest BCUT2D eigenvalue weighted by Gasteiger charge is -2.05. The van der Waals surface area contributed by atoms with E-state index in [-0.39, 0.29) is 24.9 Å². The number of terminal acetylenes is 1. The molecule has 0 aromatic heterocycles. The van der Waals surface area contributed by atoms with E-state index in [1.165, 1.54) is 0 Å². The molecule has 0 fully saturated rings. The van der Waals surface area contributed by atoms with Crippen LogP contribution >= 0.6 is 0 Å². The van der Waals surface area contributed by atoms with Crippen LogP contribution < -0.4 is 5.32 Å². The zero-order chi connectivity index (χ0) is 13.9. The van der Waals surface area contributed by atoms with Crippen LogP contribution in [0.1, 0.15) is 24.8 Å². The first-order chi connectivity index (χ1) is 9.22. The van der Waals surface area contributed by atoms with Crippen LogP contribution in [0, 0.1) is 12.3 Å². The quantitative estimate of drug-likeness (QED) is 0.598. The molecule has 0 atom stereocenters. The van der Waals surface area contributed by atoms with Crippen LogP contribution in [0.15, 0.2) is 30.3 Å². The average Bonchev–Trinajstić information content (AvgIpc) is 2.44. The van der Waals surface area contributed by atoms with Crippen LogP contribution in [-0.2, 0) is 20.9 Å². The molecular weight excluding hydrogens is 242 g/mol. The van der Waals surface area contributed by atoms with Gasteiger partial charge in [-0.3, -0.25) is 9.59 Å². The Bertz CT molecular complexity index is 448. The van der Waals surface area contributed by atoms with Gasteiger partial charge in [-0.05, 0) is 12.0 Å². The van der Waals surface area contributed by atoms with Gasteiger partial charge in [0.1, 0.15) is 0 Å². The molecule has 0 bridgehead atoms. The zero-order valence-electron chi connectivity index (χ0n) is 10.7. The van der Waals surface area contributed by atoms with E-state index >= 15 is 0 Å². The Labute approximate surface area is 113 Å². The summed E-state index contributed by atoms with van der Waals surface area (Å²) in [6.45, 7) is 0.486. The fourth-order valence-electron chi connectivity index (χ4n) is 1.47. The lowest BCUT2D eigenvalue weighted by atomic mass is 10.2. The number of hydrogen-bond acceptors (Lipinski definition) is 3. The first-order valence-corrected chi connectivity index (χ1v) is 6.12. The molecule has 0 unspecified atom stereocenters. The van der Waals surface area contributed by atoms with Crippen LogP contribution in [0.2, 0.25) is 0 Å². The molecular formula is C15H17NO3. The zero-order valence-corrected chi connectivity index (χ0v) is 10.7. The van der Waals surface area contributed by atoms with Crippen molar-refractivity contribution >= 4 is 11.9 Å². The monoisotopic (exact) mass is 259 g/mol. The summed E-state index contributed by atoms with van der Waals surface area (Å²) in [6, 6.07) is 9.65. The molecule has 1 amide bonds. The number of esters is 1. The van der Waals surface area contributed by atoms with Crippen molar-refractivity contribution in [1.29, 1.82) is 0 Å². The van der Waals surface area contributed by atoms with Crippen molar-refractivity contribution in [3.05, 3.63) is 35.9 Å². The summed E-state index contributed by atoms with van der Waals surface area (Å²) in [7, 11) is 0. The minimum absolute atomic E-state index is 0.0148. The van der Waals surface area contributed by atoms with Crippen LogP contribution in [-0.4, -0.2) is 18.5 Å². The molecule has 0 aliphatic rings. The fraction of sp³-hybridized carbons (Fsp3) is 0.333. The van der Waals surface area contributed by atoms with Crippen molar-refractivity contribution in [1.82, 2.24) is 5.32 Å². The Morgan fingerprint density at radius 2 is 1.95 bits per heavy atom. The SMILES string of the molecule is C#CCOC(=O)CCCC(=O)NCc1ccccc1. The van der Waals surface area contributed by atoms with Gasteiger partial charge in [0.05, 0.1) is 0 Å². The summed E-state index contributed by atoms with van der Waals surface area (Å²) in [5, 5.41) is 2.79. The van der Waals surface area contributed by atoms with Crippen molar-refractivity contribution < 1.29 is 14.3 Å². The molecule has 0 saturated carbocycles. The minimum atomic E-state index is -0.367. The number of ether oxygens (including phenoxy) is 1. The summed E-state index contributed by atoms with van der Waals surface area (Å²) in [5.41, 5.74) is 1.05. The second kappa shape index (κ2) is 8.76. The molecule has 0 spiro atoms. The Morgan fingerprint density at radius 1 is 1.21 bits per heavy atom. The molecule has 4 nitrogen and oxygen atoms in total. The Balaban J connectivity index is 2.12. The third-order valence-corrected chi connectivity index (χ3v) is 2.43. The van der Waals surface area contributed by atoms with E-state index in [0.717, 1.165) is 5.56 Å². The average molecular weight is 259 g/mol. The van der Waals surface area contributed by atoms with Crippen molar-refractivity contribution in [2.45, 2.75) is 25.8 Å². The van der Waals surface area contributed by atoms with Crippen LogP contribution in [0.5, 0.6) is 0 Å². The maximum atomic E-state index is 11.5. The van der Waals surface area contributed by atoms with Crippen molar-refractivity contribution in [3.8, 4) is 12.3 Å². The molecule has 1 rings (SSSR count). The van der Waals surface area contributed by atoms with Gasteiger partial charge in [0.2, 0.25) is 5.91 Å².